The van der Waals surface area contributed by atoms with E-state index in [0.717, 1.165) is 44.5 Å². The number of rotatable bonds is 1. The number of alkyl halides is 3. The second-order valence-corrected chi connectivity index (χ2v) is 9.22. The van der Waals surface area contributed by atoms with Crippen molar-refractivity contribution in [1.82, 2.24) is 9.80 Å². The SMILES string of the molecule is CC(C)(C)C(=O)N1CCC2(CCN(C(=O)Nc3ccc(C(F)(F)F)cc3)CC2)C1. The molecule has 1 aromatic rings. The van der Waals surface area contributed by atoms with Gasteiger partial charge in [-0.05, 0) is 48.9 Å². The van der Waals surface area contributed by atoms with Gasteiger partial charge in [0.2, 0.25) is 5.91 Å². The summed E-state index contributed by atoms with van der Waals surface area (Å²) in [5.41, 5.74) is -0.739. The zero-order valence-corrected chi connectivity index (χ0v) is 17.1. The highest BCUT2D eigenvalue weighted by molar-refractivity contribution is 5.89. The van der Waals surface area contributed by atoms with Gasteiger partial charge in [0.05, 0.1) is 5.56 Å². The fourth-order valence-electron chi connectivity index (χ4n) is 4.12. The fourth-order valence-corrected chi connectivity index (χ4v) is 4.12. The van der Waals surface area contributed by atoms with Crippen molar-refractivity contribution in [3.05, 3.63) is 29.8 Å². The smallest absolute Gasteiger partial charge is 0.342 e. The molecule has 2 aliphatic rings. The van der Waals surface area contributed by atoms with Crippen LogP contribution in [0.25, 0.3) is 0 Å². The summed E-state index contributed by atoms with van der Waals surface area (Å²) in [5.74, 6) is 0.164. The van der Waals surface area contributed by atoms with Crippen LogP contribution in [-0.4, -0.2) is 47.9 Å². The molecule has 0 atom stereocenters. The Kier molecular flexibility index (Phi) is 5.58. The Hall–Kier alpha value is -2.25. The molecule has 1 N–H and O–H groups in total. The fraction of sp³-hybridized carbons (Fsp3) is 0.619. The molecule has 2 heterocycles. The van der Waals surface area contributed by atoms with Crippen LogP contribution < -0.4 is 5.32 Å². The first-order valence-electron chi connectivity index (χ1n) is 9.92. The summed E-state index contributed by atoms with van der Waals surface area (Å²) < 4.78 is 37.9. The van der Waals surface area contributed by atoms with E-state index in [1.54, 1.807) is 4.90 Å². The molecule has 0 unspecified atom stereocenters. The average molecular weight is 411 g/mol. The molecule has 2 saturated heterocycles. The number of benzene rings is 1. The molecule has 0 aromatic heterocycles. The third-order valence-corrected chi connectivity index (χ3v) is 5.94. The van der Waals surface area contributed by atoms with Crippen molar-refractivity contribution in [2.45, 2.75) is 46.2 Å². The van der Waals surface area contributed by atoms with E-state index in [4.69, 9.17) is 0 Å². The number of nitrogens with zero attached hydrogens (tertiary/aromatic N) is 2. The number of anilines is 1. The summed E-state index contributed by atoms with van der Waals surface area (Å²) in [7, 11) is 0. The van der Waals surface area contributed by atoms with Gasteiger partial charge in [0, 0.05) is 37.3 Å². The van der Waals surface area contributed by atoms with Gasteiger partial charge in [-0.2, -0.15) is 13.2 Å². The van der Waals surface area contributed by atoms with Gasteiger partial charge in [-0.3, -0.25) is 4.79 Å². The molecular formula is C21H28F3N3O2. The quantitative estimate of drug-likeness (QED) is 0.734. The van der Waals surface area contributed by atoms with Crippen LogP contribution in [0.2, 0.25) is 0 Å². The van der Waals surface area contributed by atoms with Gasteiger partial charge in [-0.25, -0.2) is 4.79 Å². The highest BCUT2D eigenvalue weighted by atomic mass is 19.4. The third kappa shape index (κ3) is 4.85. The second-order valence-electron chi connectivity index (χ2n) is 9.22. The zero-order valence-electron chi connectivity index (χ0n) is 17.1. The Morgan fingerprint density at radius 1 is 0.931 bits per heavy atom. The number of urea groups is 1. The van der Waals surface area contributed by atoms with Gasteiger partial charge in [0.25, 0.3) is 0 Å². The van der Waals surface area contributed by atoms with E-state index in [9.17, 15) is 22.8 Å². The van der Waals surface area contributed by atoms with E-state index in [-0.39, 0.29) is 17.4 Å². The summed E-state index contributed by atoms with van der Waals surface area (Å²) >= 11 is 0. The van der Waals surface area contributed by atoms with Crippen molar-refractivity contribution in [3.8, 4) is 0 Å². The molecule has 1 aromatic carbocycles. The molecule has 1 spiro atoms. The van der Waals surface area contributed by atoms with Crippen molar-refractivity contribution >= 4 is 17.6 Å². The maximum Gasteiger partial charge on any atom is 0.416 e. The highest BCUT2D eigenvalue weighted by Crippen LogP contribution is 2.41. The summed E-state index contributed by atoms with van der Waals surface area (Å²) in [6, 6.07) is 4.14. The van der Waals surface area contributed by atoms with Crippen LogP contribution >= 0.6 is 0 Å². The van der Waals surface area contributed by atoms with E-state index in [1.807, 2.05) is 25.7 Å². The van der Waals surface area contributed by atoms with Crippen LogP contribution in [0.15, 0.2) is 24.3 Å². The van der Waals surface area contributed by atoms with Crippen LogP contribution in [0.1, 0.15) is 45.6 Å². The summed E-state index contributed by atoms with van der Waals surface area (Å²) in [6.45, 7) is 8.41. The average Bonchev–Trinajstić information content (AvgIpc) is 3.04. The lowest BCUT2D eigenvalue weighted by atomic mass is 9.78. The zero-order chi connectivity index (χ0) is 21.4. The minimum Gasteiger partial charge on any atom is -0.342 e. The number of amides is 3. The number of hydrogen-bond donors (Lipinski definition) is 1. The molecule has 160 valence electrons. The van der Waals surface area contributed by atoms with Crippen molar-refractivity contribution in [2.75, 3.05) is 31.5 Å². The minimum absolute atomic E-state index is 0.0616. The van der Waals surface area contributed by atoms with Crippen molar-refractivity contribution in [3.63, 3.8) is 0 Å². The molecule has 2 aliphatic heterocycles. The number of nitrogens with one attached hydrogen (secondary N) is 1. The molecular weight excluding hydrogens is 383 g/mol. The van der Waals surface area contributed by atoms with E-state index in [0.29, 0.717) is 18.8 Å². The summed E-state index contributed by atoms with van der Waals surface area (Å²) in [6.07, 6.45) is -1.81. The van der Waals surface area contributed by atoms with Gasteiger partial charge in [0.15, 0.2) is 0 Å². The lowest BCUT2D eigenvalue weighted by Gasteiger charge is -2.39. The van der Waals surface area contributed by atoms with Crippen LogP contribution in [0, 0.1) is 10.8 Å². The second kappa shape index (κ2) is 7.54. The summed E-state index contributed by atoms with van der Waals surface area (Å²) in [5, 5.41) is 2.67. The molecule has 0 aliphatic carbocycles. The first-order chi connectivity index (χ1) is 13.4. The molecule has 0 bridgehead atoms. The molecule has 5 nitrogen and oxygen atoms in total. The van der Waals surface area contributed by atoms with E-state index < -0.39 is 17.2 Å². The van der Waals surface area contributed by atoms with Crippen LogP contribution in [-0.2, 0) is 11.0 Å². The molecule has 2 fully saturated rings. The van der Waals surface area contributed by atoms with Gasteiger partial charge in [-0.1, -0.05) is 20.8 Å². The van der Waals surface area contributed by atoms with E-state index in [1.165, 1.54) is 12.1 Å². The largest absolute Gasteiger partial charge is 0.416 e. The van der Waals surface area contributed by atoms with Gasteiger partial charge < -0.3 is 15.1 Å². The molecule has 8 heteroatoms. The Labute approximate surface area is 169 Å². The van der Waals surface area contributed by atoms with Crippen molar-refractivity contribution in [2.24, 2.45) is 10.8 Å². The number of piperidine rings is 1. The Balaban J connectivity index is 1.53. The number of likely N-dealkylation sites (tertiary alicyclic amines) is 2. The Bertz CT molecular complexity index is 761. The van der Waals surface area contributed by atoms with Crippen molar-refractivity contribution < 1.29 is 22.8 Å². The van der Waals surface area contributed by atoms with Crippen LogP contribution in [0.3, 0.4) is 0 Å². The normalized spacial score (nSPS) is 19.5. The minimum atomic E-state index is -4.40. The third-order valence-electron chi connectivity index (χ3n) is 5.94. The Morgan fingerprint density at radius 3 is 1.93 bits per heavy atom. The maximum absolute atomic E-state index is 12.6. The van der Waals surface area contributed by atoms with Gasteiger partial charge in [0.1, 0.15) is 0 Å². The van der Waals surface area contributed by atoms with Gasteiger partial charge >= 0.3 is 12.2 Å². The number of carbonyl (C=O) groups excluding carboxylic acids is 2. The van der Waals surface area contributed by atoms with E-state index >= 15 is 0 Å². The molecule has 3 amide bonds. The first kappa shape index (κ1) is 21.5. The van der Waals surface area contributed by atoms with Gasteiger partial charge in [-0.15, -0.1) is 0 Å². The predicted molar refractivity (Wildman–Crippen MR) is 104 cm³/mol. The number of halogens is 3. The molecule has 0 radical (unpaired) electrons. The van der Waals surface area contributed by atoms with Crippen LogP contribution in [0.4, 0.5) is 23.7 Å². The van der Waals surface area contributed by atoms with Crippen molar-refractivity contribution in [1.29, 1.82) is 0 Å². The van der Waals surface area contributed by atoms with E-state index in [2.05, 4.69) is 5.32 Å². The molecule has 0 saturated carbocycles. The molecule has 29 heavy (non-hydrogen) atoms. The predicted octanol–water partition coefficient (Wildman–Crippen LogP) is 4.60. The lowest BCUT2D eigenvalue weighted by Crippen LogP contribution is -2.46. The summed E-state index contributed by atoms with van der Waals surface area (Å²) in [4.78, 5) is 28.7. The highest BCUT2D eigenvalue weighted by Gasteiger charge is 2.44. The number of carbonyl (C=O) groups is 2. The first-order valence-corrected chi connectivity index (χ1v) is 9.92. The maximum atomic E-state index is 12.6. The monoisotopic (exact) mass is 411 g/mol. The van der Waals surface area contributed by atoms with Crippen LogP contribution in [0.5, 0.6) is 0 Å². The molecule has 3 rings (SSSR count). The standard InChI is InChI=1S/C21H28F3N3O2/c1-19(2,3)17(28)27-13-10-20(14-27)8-11-26(12-9-20)18(29)25-16-6-4-15(5-7-16)21(22,23)24/h4-7H,8-14H2,1-3H3,(H,25,29). The lowest BCUT2D eigenvalue weighted by molar-refractivity contribution is -0.139. The Morgan fingerprint density at radius 2 is 1.45 bits per heavy atom. The number of hydrogen-bond acceptors (Lipinski definition) is 2. The topological polar surface area (TPSA) is 52.7 Å².